The Balaban J connectivity index is 1.51. The number of nitrogens with one attached hydrogen (secondary N) is 1. The summed E-state index contributed by atoms with van der Waals surface area (Å²) in [6, 6.07) is 17.6. The molecule has 0 spiro atoms. The molecule has 6 nitrogen and oxygen atoms in total. The lowest BCUT2D eigenvalue weighted by molar-refractivity contribution is 0.0973. The van der Waals surface area contributed by atoms with Gasteiger partial charge in [0.05, 0.1) is 5.69 Å². The van der Waals surface area contributed by atoms with Gasteiger partial charge in [0.15, 0.2) is 5.69 Å². The summed E-state index contributed by atoms with van der Waals surface area (Å²) < 4.78 is 1.55. The van der Waals surface area contributed by atoms with Crippen LogP contribution in [0.2, 0.25) is 5.02 Å². The van der Waals surface area contributed by atoms with E-state index in [0.717, 1.165) is 12.2 Å². The summed E-state index contributed by atoms with van der Waals surface area (Å²) in [6.45, 7) is 1.48. The fourth-order valence-electron chi connectivity index (χ4n) is 4.54. The average Bonchev–Trinajstić information content (AvgIpc) is 3.46. The van der Waals surface area contributed by atoms with E-state index in [-0.39, 0.29) is 11.3 Å². The van der Waals surface area contributed by atoms with Gasteiger partial charge in [-0.05, 0) is 62.2 Å². The van der Waals surface area contributed by atoms with Gasteiger partial charge in [0.2, 0.25) is 0 Å². The molecule has 7 heteroatoms. The van der Waals surface area contributed by atoms with Crippen LogP contribution in [0, 0.1) is 11.3 Å². The van der Waals surface area contributed by atoms with Crippen molar-refractivity contribution < 1.29 is 4.79 Å². The van der Waals surface area contributed by atoms with E-state index < -0.39 is 0 Å². The Bertz CT molecular complexity index is 1200. The maximum Gasteiger partial charge on any atom is 0.277 e. The third kappa shape index (κ3) is 3.31. The van der Waals surface area contributed by atoms with Gasteiger partial charge in [-0.1, -0.05) is 29.8 Å². The summed E-state index contributed by atoms with van der Waals surface area (Å²) in [5, 5.41) is 17.8. The molecule has 2 heterocycles. The SMILES string of the molecule is CNCC1(c2ccc(N3CCc4c(C#N)nn(-c5cccc(Cl)c5)c4C3=O)cc2)CC1. The van der Waals surface area contributed by atoms with Crippen molar-refractivity contribution in [3.05, 3.63) is 76.1 Å². The quantitative estimate of drug-likeness (QED) is 0.665. The van der Waals surface area contributed by atoms with Gasteiger partial charge in [-0.2, -0.15) is 10.4 Å². The Hall–Kier alpha value is -3.14. The first-order chi connectivity index (χ1) is 15.1. The molecule has 5 rings (SSSR count). The van der Waals surface area contributed by atoms with Crippen LogP contribution in [0.25, 0.3) is 5.69 Å². The number of benzene rings is 2. The van der Waals surface area contributed by atoms with Crippen LogP contribution in [0.4, 0.5) is 5.69 Å². The highest BCUT2D eigenvalue weighted by molar-refractivity contribution is 6.30. The van der Waals surface area contributed by atoms with Crippen molar-refractivity contribution in [2.45, 2.75) is 24.7 Å². The number of carbonyl (C=O) groups excluding carboxylic acids is 1. The van der Waals surface area contributed by atoms with Gasteiger partial charge in [0.1, 0.15) is 11.8 Å². The third-order valence-corrected chi connectivity index (χ3v) is 6.57. The summed E-state index contributed by atoms with van der Waals surface area (Å²) in [4.78, 5) is 15.3. The molecule has 2 aliphatic rings. The summed E-state index contributed by atoms with van der Waals surface area (Å²) in [6.07, 6.45) is 2.96. The molecule has 1 fully saturated rings. The molecule has 0 saturated heterocycles. The molecule has 0 unspecified atom stereocenters. The normalized spacial score (nSPS) is 16.7. The second kappa shape index (κ2) is 7.52. The number of rotatable bonds is 5. The second-order valence-corrected chi connectivity index (χ2v) is 8.68. The topological polar surface area (TPSA) is 74.0 Å². The number of carbonyl (C=O) groups is 1. The Kier molecular flexibility index (Phi) is 4.81. The zero-order valence-corrected chi connectivity index (χ0v) is 18.0. The van der Waals surface area contributed by atoms with Gasteiger partial charge in [-0.3, -0.25) is 4.79 Å². The summed E-state index contributed by atoms with van der Waals surface area (Å²) >= 11 is 6.15. The van der Waals surface area contributed by atoms with Crippen molar-refractivity contribution in [2.24, 2.45) is 0 Å². The number of nitriles is 1. The second-order valence-electron chi connectivity index (χ2n) is 8.24. The Labute approximate surface area is 186 Å². The number of nitrogens with zero attached hydrogens (tertiary/aromatic N) is 4. The van der Waals surface area contributed by atoms with Gasteiger partial charge in [-0.25, -0.2) is 4.68 Å². The molecule has 0 bridgehead atoms. The van der Waals surface area contributed by atoms with Gasteiger partial charge >= 0.3 is 0 Å². The number of amides is 1. The monoisotopic (exact) mass is 431 g/mol. The number of anilines is 1. The lowest BCUT2D eigenvalue weighted by Gasteiger charge is -2.28. The first kappa shape index (κ1) is 19.8. The summed E-state index contributed by atoms with van der Waals surface area (Å²) in [7, 11) is 1.98. The van der Waals surface area contributed by atoms with Crippen molar-refractivity contribution in [1.29, 1.82) is 5.26 Å². The van der Waals surface area contributed by atoms with Gasteiger partial charge in [-0.15, -0.1) is 0 Å². The predicted octanol–water partition coefficient (Wildman–Crippen LogP) is 3.85. The minimum absolute atomic E-state index is 0.153. The van der Waals surface area contributed by atoms with Crippen molar-refractivity contribution in [3.63, 3.8) is 0 Å². The maximum absolute atomic E-state index is 13.5. The van der Waals surface area contributed by atoms with E-state index in [4.69, 9.17) is 11.6 Å². The lowest BCUT2D eigenvalue weighted by Crippen LogP contribution is -2.38. The molecule has 1 saturated carbocycles. The minimum atomic E-state index is -0.153. The van der Waals surface area contributed by atoms with E-state index in [0.29, 0.717) is 40.6 Å². The third-order valence-electron chi connectivity index (χ3n) is 6.34. The van der Waals surface area contributed by atoms with Crippen molar-refractivity contribution in [3.8, 4) is 11.8 Å². The largest absolute Gasteiger partial charge is 0.319 e. The van der Waals surface area contributed by atoms with Crippen LogP contribution in [0.1, 0.15) is 40.2 Å². The molecule has 1 aliphatic heterocycles. The lowest BCUT2D eigenvalue weighted by atomic mass is 9.95. The molecule has 156 valence electrons. The smallest absolute Gasteiger partial charge is 0.277 e. The summed E-state index contributed by atoms with van der Waals surface area (Å²) in [5.74, 6) is -0.153. The van der Waals surface area contributed by atoms with E-state index in [9.17, 15) is 10.1 Å². The van der Waals surface area contributed by atoms with E-state index in [1.165, 1.54) is 18.4 Å². The molecule has 0 atom stereocenters. The van der Waals surface area contributed by atoms with Gasteiger partial charge in [0.25, 0.3) is 5.91 Å². The van der Waals surface area contributed by atoms with Crippen molar-refractivity contribution in [2.75, 3.05) is 25.0 Å². The predicted molar refractivity (Wildman–Crippen MR) is 120 cm³/mol. The Morgan fingerprint density at radius 2 is 1.97 bits per heavy atom. The number of hydrogen-bond acceptors (Lipinski definition) is 4. The molecular formula is C24H22ClN5O. The summed E-state index contributed by atoms with van der Waals surface area (Å²) in [5.41, 5.74) is 4.50. The Morgan fingerprint density at radius 3 is 2.61 bits per heavy atom. The molecular weight excluding hydrogens is 410 g/mol. The van der Waals surface area contributed by atoms with E-state index in [1.807, 2.05) is 25.2 Å². The van der Waals surface area contributed by atoms with Crippen molar-refractivity contribution in [1.82, 2.24) is 15.1 Å². The van der Waals surface area contributed by atoms with Crippen molar-refractivity contribution >= 4 is 23.2 Å². The molecule has 31 heavy (non-hydrogen) atoms. The van der Waals surface area contributed by atoms with E-state index >= 15 is 0 Å². The molecule has 2 aromatic carbocycles. The molecule has 1 N–H and O–H groups in total. The molecule has 0 radical (unpaired) electrons. The Morgan fingerprint density at radius 1 is 1.19 bits per heavy atom. The fourth-order valence-corrected chi connectivity index (χ4v) is 4.73. The van der Waals surface area contributed by atoms with E-state index in [1.54, 1.807) is 27.8 Å². The van der Waals surface area contributed by atoms with Crippen LogP contribution in [-0.4, -0.2) is 35.8 Å². The van der Waals surface area contributed by atoms with Crippen LogP contribution in [0.15, 0.2) is 48.5 Å². The highest BCUT2D eigenvalue weighted by atomic mass is 35.5. The number of hydrogen-bond donors (Lipinski definition) is 1. The maximum atomic E-state index is 13.5. The van der Waals surface area contributed by atoms with E-state index in [2.05, 4.69) is 28.6 Å². The molecule has 1 amide bonds. The molecule has 3 aromatic rings. The number of halogens is 1. The van der Waals surface area contributed by atoms with Gasteiger partial charge in [0, 0.05) is 34.8 Å². The standard InChI is InChI=1S/C24H22ClN5O/c1-27-15-24(10-11-24)16-5-7-18(8-6-16)29-12-9-20-21(14-26)28-30(22(20)23(29)31)19-4-2-3-17(25)13-19/h2-8,13,27H,9-12,15H2,1H3. The number of fused-ring (bicyclic) bond motifs is 1. The average molecular weight is 432 g/mol. The van der Waals surface area contributed by atoms with Crippen LogP contribution in [0.5, 0.6) is 0 Å². The zero-order chi connectivity index (χ0) is 21.6. The fraction of sp³-hybridized carbons (Fsp3) is 0.292. The van der Waals surface area contributed by atoms with Crippen LogP contribution < -0.4 is 10.2 Å². The minimum Gasteiger partial charge on any atom is -0.319 e. The molecule has 1 aromatic heterocycles. The van der Waals surface area contributed by atoms with Crippen LogP contribution in [-0.2, 0) is 11.8 Å². The zero-order valence-electron chi connectivity index (χ0n) is 17.2. The van der Waals surface area contributed by atoms with Crippen LogP contribution in [0.3, 0.4) is 0 Å². The highest BCUT2D eigenvalue weighted by Crippen LogP contribution is 2.48. The first-order valence-corrected chi connectivity index (χ1v) is 10.8. The first-order valence-electron chi connectivity index (χ1n) is 10.4. The van der Waals surface area contributed by atoms with Gasteiger partial charge < -0.3 is 10.2 Å². The highest BCUT2D eigenvalue weighted by Gasteiger charge is 2.43. The van der Waals surface area contributed by atoms with Crippen LogP contribution >= 0.6 is 11.6 Å². The number of likely N-dealkylation sites (N-methyl/N-ethyl adjacent to an activating group) is 1. The number of aromatic nitrogens is 2. The molecule has 1 aliphatic carbocycles.